The van der Waals surface area contributed by atoms with Crippen LogP contribution in [-0.4, -0.2) is 17.6 Å². The molecule has 0 fully saturated rings. The molecule has 0 radical (unpaired) electrons. The molecule has 0 amide bonds. The summed E-state index contributed by atoms with van der Waals surface area (Å²) in [5.41, 5.74) is 0.399. The molecule has 1 unspecified atom stereocenters. The van der Waals surface area contributed by atoms with Crippen molar-refractivity contribution >= 4 is 11.4 Å². The van der Waals surface area contributed by atoms with E-state index in [-0.39, 0.29) is 17.5 Å². The molecule has 17 heavy (non-hydrogen) atoms. The van der Waals surface area contributed by atoms with Gasteiger partial charge in [-0.25, -0.2) is 0 Å². The van der Waals surface area contributed by atoms with Crippen LogP contribution >= 0.6 is 0 Å². The summed E-state index contributed by atoms with van der Waals surface area (Å²) < 4.78 is 5.25. The number of ether oxygens (including phenoxy) is 1. The Morgan fingerprint density at radius 3 is 2.88 bits per heavy atom. The van der Waals surface area contributed by atoms with Crippen molar-refractivity contribution in [2.45, 2.75) is 19.9 Å². The summed E-state index contributed by atoms with van der Waals surface area (Å²) in [4.78, 5) is 10.6. The fourth-order valence-corrected chi connectivity index (χ4v) is 1.40. The van der Waals surface area contributed by atoms with E-state index >= 15 is 0 Å². The van der Waals surface area contributed by atoms with E-state index < -0.39 is 4.92 Å². The van der Waals surface area contributed by atoms with Gasteiger partial charge in [0, 0.05) is 6.04 Å². The summed E-state index contributed by atoms with van der Waals surface area (Å²) in [6, 6.07) is 4.91. The van der Waals surface area contributed by atoms with Gasteiger partial charge in [-0.3, -0.25) is 10.1 Å². The minimum absolute atomic E-state index is 0.0388. The van der Waals surface area contributed by atoms with Crippen molar-refractivity contribution in [3.63, 3.8) is 0 Å². The van der Waals surface area contributed by atoms with Crippen LogP contribution in [0.5, 0.6) is 5.75 Å². The highest BCUT2D eigenvalue weighted by molar-refractivity contribution is 5.68. The number of para-hydroxylation sites is 1. The Bertz CT molecular complexity index is 418. The van der Waals surface area contributed by atoms with E-state index in [2.05, 4.69) is 11.9 Å². The Hall–Kier alpha value is -2.04. The lowest BCUT2D eigenvalue weighted by Crippen LogP contribution is -2.13. The Labute approximate surface area is 100 Å². The predicted molar refractivity (Wildman–Crippen MR) is 67.5 cm³/mol. The summed E-state index contributed by atoms with van der Waals surface area (Å²) in [6.45, 7) is 7.67. The number of hydrogen-bond donors (Lipinski definition) is 1. The molecule has 1 aromatic carbocycles. The zero-order valence-corrected chi connectivity index (χ0v) is 9.97. The van der Waals surface area contributed by atoms with Gasteiger partial charge in [-0.15, -0.1) is 6.58 Å². The van der Waals surface area contributed by atoms with Gasteiger partial charge in [-0.05, 0) is 26.0 Å². The first kappa shape index (κ1) is 13.0. The maximum Gasteiger partial charge on any atom is 0.333 e. The van der Waals surface area contributed by atoms with Crippen LogP contribution in [0.3, 0.4) is 0 Å². The van der Waals surface area contributed by atoms with E-state index in [0.29, 0.717) is 12.3 Å². The van der Waals surface area contributed by atoms with E-state index in [9.17, 15) is 10.1 Å². The molecule has 0 spiro atoms. The summed E-state index contributed by atoms with van der Waals surface area (Å²) >= 11 is 0. The normalized spacial score (nSPS) is 11.6. The summed E-state index contributed by atoms with van der Waals surface area (Å²) in [5.74, 6) is 0.277. The number of nitro benzene ring substituents is 1. The van der Waals surface area contributed by atoms with Gasteiger partial charge in [0.15, 0.2) is 5.75 Å². The summed E-state index contributed by atoms with van der Waals surface area (Å²) in [6.07, 6.45) is 1.68. The summed E-state index contributed by atoms with van der Waals surface area (Å²) in [5, 5.41) is 14.0. The van der Waals surface area contributed by atoms with E-state index in [1.807, 2.05) is 6.92 Å². The van der Waals surface area contributed by atoms with Crippen LogP contribution in [0.15, 0.2) is 30.9 Å². The lowest BCUT2D eigenvalue weighted by atomic mass is 10.2. The van der Waals surface area contributed by atoms with Gasteiger partial charge >= 0.3 is 5.69 Å². The number of rotatable bonds is 6. The smallest absolute Gasteiger partial charge is 0.333 e. The molecule has 0 heterocycles. The van der Waals surface area contributed by atoms with Gasteiger partial charge < -0.3 is 10.1 Å². The molecule has 0 aliphatic rings. The molecule has 5 nitrogen and oxygen atoms in total. The highest BCUT2D eigenvalue weighted by atomic mass is 16.6. The fourth-order valence-electron chi connectivity index (χ4n) is 1.40. The topological polar surface area (TPSA) is 64.4 Å². The van der Waals surface area contributed by atoms with Crippen molar-refractivity contribution in [3.8, 4) is 5.75 Å². The molecule has 1 rings (SSSR count). The second-order valence-electron chi connectivity index (χ2n) is 3.51. The quantitative estimate of drug-likeness (QED) is 0.468. The number of hydrogen-bond acceptors (Lipinski definition) is 4. The van der Waals surface area contributed by atoms with E-state index in [1.54, 1.807) is 31.2 Å². The number of nitrogens with one attached hydrogen (secondary N) is 1. The largest absolute Gasteiger partial charge is 0.487 e. The molecule has 1 aromatic rings. The molecular formula is C12H16N2O3. The molecule has 1 N–H and O–H groups in total. The highest BCUT2D eigenvalue weighted by Crippen LogP contribution is 2.35. The molecule has 0 bridgehead atoms. The minimum Gasteiger partial charge on any atom is -0.487 e. The van der Waals surface area contributed by atoms with E-state index in [1.165, 1.54) is 0 Å². The van der Waals surface area contributed by atoms with Gasteiger partial charge in [0.25, 0.3) is 0 Å². The van der Waals surface area contributed by atoms with E-state index in [0.717, 1.165) is 0 Å². The van der Waals surface area contributed by atoms with Gasteiger partial charge in [0.1, 0.15) is 5.69 Å². The van der Waals surface area contributed by atoms with Crippen LogP contribution in [0.1, 0.15) is 13.8 Å². The number of nitro groups is 1. The minimum atomic E-state index is -0.441. The highest BCUT2D eigenvalue weighted by Gasteiger charge is 2.21. The molecule has 0 aromatic heterocycles. The van der Waals surface area contributed by atoms with Gasteiger partial charge in [-0.1, -0.05) is 12.1 Å². The average Bonchev–Trinajstić information content (AvgIpc) is 2.29. The monoisotopic (exact) mass is 236 g/mol. The van der Waals surface area contributed by atoms with Gasteiger partial charge in [0.2, 0.25) is 0 Å². The maximum absolute atomic E-state index is 11.0. The second kappa shape index (κ2) is 5.89. The lowest BCUT2D eigenvalue weighted by molar-refractivity contribution is -0.384. The van der Waals surface area contributed by atoms with Crippen LogP contribution in [0.25, 0.3) is 0 Å². The third-order valence-electron chi connectivity index (χ3n) is 2.22. The predicted octanol–water partition coefficient (Wildman–Crippen LogP) is 2.98. The zero-order chi connectivity index (χ0) is 12.8. The first-order valence-electron chi connectivity index (χ1n) is 5.39. The fraction of sp³-hybridized carbons (Fsp3) is 0.333. The number of anilines is 1. The van der Waals surface area contributed by atoms with Crippen molar-refractivity contribution in [1.29, 1.82) is 0 Å². The average molecular weight is 236 g/mol. The molecule has 0 aliphatic carbocycles. The van der Waals surface area contributed by atoms with Crippen molar-refractivity contribution < 1.29 is 9.66 Å². The molecular weight excluding hydrogens is 220 g/mol. The van der Waals surface area contributed by atoms with Crippen LogP contribution in [0.2, 0.25) is 0 Å². The molecule has 0 saturated carbocycles. The first-order valence-corrected chi connectivity index (χ1v) is 5.39. The van der Waals surface area contributed by atoms with Crippen LogP contribution in [-0.2, 0) is 0 Å². The number of nitrogens with zero attached hydrogens (tertiary/aromatic N) is 1. The molecule has 5 heteroatoms. The third kappa shape index (κ3) is 3.21. The standard InChI is InChI=1S/C12H16N2O3/c1-4-9(3)13-10-7-6-8-11(17-5-2)12(10)14(15)16/h4,6-9,13H,1,5H2,2-3H3. The second-order valence-corrected chi connectivity index (χ2v) is 3.51. The van der Waals surface area contributed by atoms with Crippen LogP contribution in [0.4, 0.5) is 11.4 Å². The zero-order valence-electron chi connectivity index (χ0n) is 9.97. The Kier molecular flexibility index (Phi) is 4.51. The number of benzene rings is 1. The van der Waals surface area contributed by atoms with Crippen molar-refractivity contribution in [1.82, 2.24) is 0 Å². The lowest BCUT2D eigenvalue weighted by Gasteiger charge is -2.13. The summed E-state index contributed by atoms with van der Waals surface area (Å²) in [7, 11) is 0. The Morgan fingerprint density at radius 2 is 2.35 bits per heavy atom. The third-order valence-corrected chi connectivity index (χ3v) is 2.22. The SMILES string of the molecule is C=CC(C)Nc1cccc(OCC)c1[N+](=O)[O-]. The maximum atomic E-state index is 11.0. The van der Waals surface area contributed by atoms with Gasteiger partial charge in [0.05, 0.1) is 11.5 Å². The van der Waals surface area contributed by atoms with Gasteiger partial charge in [-0.2, -0.15) is 0 Å². The van der Waals surface area contributed by atoms with Crippen molar-refractivity contribution in [2.75, 3.05) is 11.9 Å². The van der Waals surface area contributed by atoms with Crippen LogP contribution < -0.4 is 10.1 Å². The van der Waals surface area contributed by atoms with E-state index in [4.69, 9.17) is 4.74 Å². The van der Waals surface area contributed by atoms with Crippen LogP contribution in [0, 0.1) is 10.1 Å². The Morgan fingerprint density at radius 1 is 1.65 bits per heavy atom. The molecule has 1 atom stereocenters. The molecule has 92 valence electrons. The first-order chi connectivity index (χ1) is 8.10. The molecule has 0 saturated heterocycles. The van der Waals surface area contributed by atoms with Crippen molar-refractivity contribution in [2.24, 2.45) is 0 Å². The molecule has 0 aliphatic heterocycles. The Balaban J connectivity index is 3.14. The van der Waals surface area contributed by atoms with Crippen molar-refractivity contribution in [3.05, 3.63) is 41.0 Å².